The van der Waals surface area contributed by atoms with Gasteiger partial charge in [0.1, 0.15) is 5.82 Å². The van der Waals surface area contributed by atoms with Crippen molar-refractivity contribution < 1.29 is 9.90 Å². The van der Waals surface area contributed by atoms with Crippen molar-refractivity contribution in [2.24, 2.45) is 0 Å². The summed E-state index contributed by atoms with van der Waals surface area (Å²) in [5, 5.41) is 13.5. The molecule has 2 rings (SSSR count). The van der Waals surface area contributed by atoms with Gasteiger partial charge in [-0.3, -0.25) is 0 Å². The summed E-state index contributed by atoms with van der Waals surface area (Å²) < 4.78 is 1.70. The van der Waals surface area contributed by atoms with Crippen LogP contribution in [0.15, 0.2) is 18.2 Å². The van der Waals surface area contributed by atoms with Crippen molar-refractivity contribution in [3.05, 3.63) is 40.4 Å². The summed E-state index contributed by atoms with van der Waals surface area (Å²) in [6.07, 6.45) is 1.49. The van der Waals surface area contributed by atoms with E-state index in [9.17, 15) is 4.79 Å². The summed E-state index contributed by atoms with van der Waals surface area (Å²) >= 11 is 5.97. The summed E-state index contributed by atoms with van der Waals surface area (Å²) in [4.78, 5) is 15.3. The fourth-order valence-corrected chi connectivity index (χ4v) is 2.04. The zero-order valence-corrected chi connectivity index (χ0v) is 11.5. The number of aromatic carboxylic acids is 1. The molecule has 1 aromatic heterocycles. The van der Waals surface area contributed by atoms with E-state index in [4.69, 9.17) is 16.7 Å². The third kappa shape index (κ3) is 2.61. The van der Waals surface area contributed by atoms with Gasteiger partial charge < -0.3 is 5.11 Å². The fraction of sp³-hybridized carbons (Fsp3) is 0.308. The first kappa shape index (κ1) is 13.5. The molecule has 19 heavy (non-hydrogen) atoms. The predicted molar refractivity (Wildman–Crippen MR) is 72.1 cm³/mol. The maximum atomic E-state index is 10.9. The first-order valence-corrected chi connectivity index (χ1v) is 6.42. The summed E-state index contributed by atoms with van der Waals surface area (Å²) in [5.74, 6) is 0.548. The molecule has 0 saturated carbocycles. The van der Waals surface area contributed by atoms with Crippen molar-refractivity contribution in [3.8, 4) is 5.69 Å². The highest BCUT2D eigenvalue weighted by molar-refractivity contribution is 6.33. The van der Waals surface area contributed by atoms with Gasteiger partial charge in [-0.15, -0.1) is 0 Å². The molecule has 1 heterocycles. The van der Waals surface area contributed by atoms with E-state index in [1.807, 2.05) is 13.8 Å². The van der Waals surface area contributed by atoms with Crippen LogP contribution in [0.25, 0.3) is 5.69 Å². The van der Waals surface area contributed by atoms with Gasteiger partial charge in [0.2, 0.25) is 0 Å². The van der Waals surface area contributed by atoms with Crippen LogP contribution in [0.4, 0.5) is 0 Å². The summed E-state index contributed by atoms with van der Waals surface area (Å²) in [6, 6.07) is 4.76. The second-order valence-corrected chi connectivity index (χ2v) is 4.44. The van der Waals surface area contributed by atoms with Crippen LogP contribution in [0.2, 0.25) is 5.02 Å². The van der Waals surface area contributed by atoms with Gasteiger partial charge in [0.25, 0.3) is 0 Å². The van der Waals surface area contributed by atoms with Gasteiger partial charge in [-0.05, 0) is 18.2 Å². The third-order valence-electron chi connectivity index (χ3n) is 2.78. The number of aryl methyl sites for hydroxylation is 2. The number of benzene rings is 1. The van der Waals surface area contributed by atoms with Crippen LogP contribution in [0.1, 0.15) is 35.9 Å². The molecule has 0 aliphatic rings. The van der Waals surface area contributed by atoms with Crippen molar-refractivity contribution in [2.75, 3.05) is 0 Å². The van der Waals surface area contributed by atoms with E-state index in [0.29, 0.717) is 0 Å². The van der Waals surface area contributed by atoms with Crippen molar-refractivity contribution in [3.63, 3.8) is 0 Å². The highest BCUT2D eigenvalue weighted by atomic mass is 35.5. The number of aromatic nitrogens is 3. The standard InChI is InChI=1S/C13H14ClN3O2/c1-3-11-15-12(4-2)17(16-11)8-5-6-9(13(18)19)10(14)7-8/h5-7H,3-4H2,1-2H3,(H,18,19). The van der Waals surface area contributed by atoms with Gasteiger partial charge in [0.15, 0.2) is 5.82 Å². The second kappa shape index (κ2) is 5.40. The number of carbonyl (C=O) groups is 1. The summed E-state index contributed by atoms with van der Waals surface area (Å²) in [7, 11) is 0. The topological polar surface area (TPSA) is 68.0 Å². The normalized spacial score (nSPS) is 10.7. The lowest BCUT2D eigenvalue weighted by Gasteiger charge is -2.06. The van der Waals surface area contributed by atoms with Crippen molar-refractivity contribution in [1.29, 1.82) is 0 Å². The van der Waals surface area contributed by atoms with Crippen LogP contribution < -0.4 is 0 Å². The van der Waals surface area contributed by atoms with E-state index in [-0.39, 0.29) is 10.6 Å². The van der Waals surface area contributed by atoms with Gasteiger partial charge in [-0.2, -0.15) is 5.10 Å². The quantitative estimate of drug-likeness (QED) is 0.934. The Balaban J connectivity index is 2.50. The SMILES string of the molecule is CCc1nc(CC)n(-c2ccc(C(=O)O)c(Cl)c2)n1. The molecule has 2 aromatic rings. The Labute approximate surface area is 115 Å². The van der Waals surface area contributed by atoms with Crippen LogP contribution in [0.5, 0.6) is 0 Å². The minimum absolute atomic E-state index is 0.0827. The zero-order valence-electron chi connectivity index (χ0n) is 10.7. The van der Waals surface area contributed by atoms with Gasteiger partial charge in [-0.25, -0.2) is 14.5 Å². The highest BCUT2D eigenvalue weighted by Crippen LogP contribution is 2.21. The third-order valence-corrected chi connectivity index (χ3v) is 3.09. The number of halogens is 1. The Bertz CT molecular complexity index is 622. The highest BCUT2D eigenvalue weighted by Gasteiger charge is 2.13. The van der Waals surface area contributed by atoms with Gasteiger partial charge in [-0.1, -0.05) is 25.4 Å². The number of hydrogen-bond acceptors (Lipinski definition) is 3. The molecule has 0 radical (unpaired) electrons. The molecule has 0 aliphatic carbocycles. The lowest BCUT2D eigenvalue weighted by atomic mass is 10.2. The number of nitrogens with zero attached hydrogens (tertiary/aromatic N) is 3. The zero-order chi connectivity index (χ0) is 14.0. The average molecular weight is 280 g/mol. The number of carboxylic acids is 1. The molecule has 0 aliphatic heterocycles. The first-order chi connectivity index (χ1) is 9.06. The predicted octanol–water partition coefficient (Wildman–Crippen LogP) is 2.74. The molecule has 1 aromatic carbocycles. The number of carboxylic acid groups (broad SMARTS) is 1. The largest absolute Gasteiger partial charge is 0.478 e. The average Bonchev–Trinajstić information content (AvgIpc) is 2.81. The van der Waals surface area contributed by atoms with Crippen molar-refractivity contribution in [1.82, 2.24) is 14.8 Å². The van der Waals surface area contributed by atoms with E-state index in [1.165, 1.54) is 6.07 Å². The Morgan fingerprint density at radius 3 is 2.63 bits per heavy atom. The molecule has 0 fully saturated rings. The molecule has 100 valence electrons. The Kier molecular flexibility index (Phi) is 3.85. The monoisotopic (exact) mass is 279 g/mol. The van der Waals surface area contributed by atoms with E-state index in [0.717, 1.165) is 30.2 Å². The molecule has 0 amide bonds. The van der Waals surface area contributed by atoms with E-state index in [1.54, 1.807) is 16.8 Å². The minimum atomic E-state index is -1.04. The van der Waals surface area contributed by atoms with Crippen LogP contribution in [-0.2, 0) is 12.8 Å². The fourth-order valence-electron chi connectivity index (χ4n) is 1.79. The van der Waals surface area contributed by atoms with Crippen molar-refractivity contribution >= 4 is 17.6 Å². The maximum absolute atomic E-state index is 10.9. The van der Waals surface area contributed by atoms with E-state index >= 15 is 0 Å². The Hall–Kier alpha value is -1.88. The number of hydrogen-bond donors (Lipinski definition) is 1. The Morgan fingerprint density at radius 1 is 1.37 bits per heavy atom. The van der Waals surface area contributed by atoms with Gasteiger partial charge in [0.05, 0.1) is 16.3 Å². The van der Waals surface area contributed by atoms with Crippen LogP contribution in [0, 0.1) is 0 Å². The summed E-state index contributed by atoms with van der Waals surface area (Å²) in [5.41, 5.74) is 0.804. The molecule has 5 nitrogen and oxygen atoms in total. The van der Waals surface area contributed by atoms with Crippen LogP contribution in [-0.4, -0.2) is 25.8 Å². The smallest absolute Gasteiger partial charge is 0.337 e. The molecule has 0 saturated heterocycles. The van der Waals surface area contributed by atoms with E-state index < -0.39 is 5.97 Å². The molecule has 0 atom stereocenters. The molecular weight excluding hydrogens is 266 g/mol. The van der Waals surface area contributed by atoms with Crippen molar-refractivity contribution in [2.45, 2.75) is 26.7 Å². The first-order valence-electron chi connectivity index (χ1n) is 6.04. The lowest BCUT2D eigenvalue weighted by molar-refractivity contribution is 0.0697. The van der Waals surface area contributed by atoms with Gasteiger partial charge in [0, 0.05) is 12.8 Å². The molecule has 6 heteroatoms. The Morgan fingerprint density at radius 2 is 2.11 bits per heavy atom. The van der Waals surface area contributed by atoms with E-state index in [2.05, 4.69) is 10.1 Å². The molecule has 0 spiro atoms. The molecule has 0 unspecified atom stereocenters. The second-order valence-electron chi connectivity index (χ2n) is 4.03. The summed E-state index contributed by atoms with van der Waals surface area (Å²) in [6.45, 7) is 3.98. The van der Waals surface area contributed by atoms with Crippen LogP contribution in [0.3, 0.4) is 0 Å². The molecule has 0 bridgehead atoms. The van der Waals surface area contributed by atoms with Crippen LogP contribution >= 0.6 is 11.6 Å². The lowest BCUT2D eigenvalue weighted by Crippen LogP contribution is -2.04. The molecular formula is C13H14ClN3O2. The van der Waals surface area contributed by atoms with Gasteiger partial charge >= 0.3 is 5.97 Å². The number of rotatable bonds is 4. The minimum Gasteiger partial charge on any atom is -0.478 e. The molecule has 1 N–H and O–H groups in total. The maximum Gasteiger partial charge on any atom is 0.337 e.